The zero-order valence-electron chi connectivity index (χ0n) is 13.1. The molecule has 1 fully saturated rings. The second-order valence-corrected chi connectivity index (χ2v) is 5.45. The number of aromatic nitrogens is 1. The van der Waals surface area contributed by atoms with Gasteiger partial charge >= 0.3 is 0 Å². The number of methoxy groups -OCH3 is 1. The number of nitrogens with one attached hydrogen (secondary N) is 1. The SMILES string of the molecule is COc1ccccc1-c1cc(CNC(=O)[C@H]2CCCCO2)on1. The molecule has 6 heteroatoms. The first-order chi connectivity index (χ1) is 11.3. The molecule has 1 aliphatic heterocycles. The monoisotopic (exact) mass is 316 g/mol. The molecule has 0 aliphatic carbocycles. The van der Waals surface area contributed by atoms with Crippen molar-refractivity contribution in [3.8, 4) is 17.0 Å². The number of hydrogen-bond donors (Lipinski definition) is 1. The highest BCUT2D eigenvalue weighted by atomic mass is 16.5. The number of ether oxygens (including phenoxy) is 2. The minimum Gasteiger partial charge on any atom is -0.496 e. The lowest BCUT2D eigenvalue weighted by Crippen LogP contribution is -2.37. The van der Waals surface area contributed by atoms with Gasteiger partial charge < -0.3 is 19.3 Å². The van der Waals surface area contributed by atoms with Crippen LogP contribution >= 0.6 is 0 Å². The molecule has 1 aliphatic rings. The van der Waals surface area contributed by atoms with Gasteiger partial charge in [0, 0.05) is 18.2 Å². The summed E-state index contributed by atoms with van der Waals surface area (Å²) in [5.41, 5.74) is 1.53. The molecule has 0 unspecified atom stereocenters. The van der Waals surface area contributed by atoms with Crippen molar-refractivity contribution < 1.29 is 18.8 Å². The molecule has 1 amide bonds. The first kappa shape index (κ1) is 15.6. The van der Waals surface area contributed by atoms with Crippen molar-refractivity contribution >= 4 is 5.91 Å². The number of nitrogens with zero attached hydrogens (tertiary/aromatic N) is 1. The normalized spacial score (nSPS) is 17.7. The Hall–Kier alpha value is -2.34. The maximum atomic E-state index is 12.0. The largest absolute Gasteiger partial charge is 0.496 e. The quantitative estimate of drug-likeness (QED) is 0.917. The van der Waals surface area contributed by atoms with E-state index in [-0.39, 0.29) is 12.0 Å². The molecule has 1 atom stereocenters. The zero-order chi connectivity index (χ0) is 16.1. The van der Waals surface area contributed by atoms with Gasteiger partial charge in [0.1, 0.15) is 17.5 Å². The molecule has 1 aromatic carbocycles. The van der Waals surface area contributed by atoms with Gasteiger partial charge in [0.15, 0.2) is 5.76 Å². The Balaban J connectivity index is 1.62. The predicted molar refractivity (Wildman–Crippen MR) is 83.9 cm³/mol. The Morgan fingerprint density at radius 1 is 1.39 bits per heavy atom. The molecule has 1 aromatic heterocycles. The summed E-state index contributed by atoms with van der Waals surface area (Å²) in [6.45, 7) is 0.944. The van der Waals surface area contributed by atoms with E-state index in [1.54, 1.807) is 13.2 Å². The Bertz CT molecular complexity index is 662. The Labute approximate surface area is 134 Å². The van der Waals surface area contributed by atoms with E-state index >= 15 is 0 Å². The number of amides is 1. The average Bonchev–Trinajstić information content (AvgIpc) is 3.09. The highest BCUT2D eigenvalue weighted by Crippen LogP contribution is 2.28. The minimum atomic E-state index is -0.347. The van der Waals surface area contributed by atoms with Gasteiger partial charge in [0.2, 0.25) is 5.91 Å². The third kappa shape index (κ3) is 3.71. The Morgan fingerprint density at radius 3 is 3.04 bits per heavy atom. The molecule has 0 saturated carbocycles. The lowest BCUT2D eigenvalue weighted by molar-refractivity contribution is -0.135. The van der Waals surface area contributed by atoms with E-state index in [0.717, 1.165) is 30.6 Å². The summed E-state index contributed by atoms with van der Waals surface area (Å²) in [5, 5.41) is 6.88. The number of rotatable bonds is 5. The van der Waals surface area contributed by atoms with Gasteiger partial charge in [0.05, 0.1) is 13.7 Å². The fourth-order valence-corrected chi connectivity index (χ4v) is 2.62. The third-order valence-electron chi connectivity index (χ3n) is 3.85. The van der Waals surface area contributed by atoms with E-state index in [1.165, 1.54) is 0 Å². The number of carbonyl (C=O) groups excluding carboxylic acids is 1. The second kappa shape index (κ2) is 7.28. The van der Waals surface area contributed by atoms with Gasteiger partial charge in [-0.3, -0.25) is 4.79 Å². The average molecular weight is 316 g/mol. The fourth-order valence-electron chi connectivity index (χ4n) is 2.62. The van der Waals surface area contributed by atoms with Crippen LogP contribution in [-0.2, 0) is 16.1 Å². The lowest BCUT2D eigenvalue weighted by Gasteiger charge is -2.21. The summed E-state index contributed by atoms with van der Waals surface area (Å²) in [6, 6.07) is 9.39. The summed E-state index contributed by atoms with van der Waals surface area (Å²) in [7, 11) is 1.62. The smallest absolute Gasteiger partial charge is 0.249 e. The number of benzene rings is 1. The fraction of sp³-hybridized carbons (Fsp3) is 0.412. The van der Waals surface area contributed by atoms with Crippen molar-refractivity contribution in [3.63, 3.8) is 0 Å². The minimum absolute atomic E-state index is 0.0973. The molecule has 3 rings (SSSR count). The van der Waals surface area contributed by atoms with Crippen molar-refractivity contribution in [3.05, 3.63) is 36.1 Å². The summed E-state index contributed by atoms with van der Waals surface area (Å²) in [5.74, 6) is 1.22. The van der Waals surface area contributed by atoms with Crippen LogP contribution in [0, 0.1) is 0 Å². The van der Waals surface area contributed by atoms with E-state index in [4.69, 9.17) is 14.0 Å². The molecule has 2 heterocycles. The first-order valence-electron chi connectivity index (χ1n) is 7.76. The van der Waals surface area contributed by atoms with E-state index < -0.39 is 0 Å². The zero-order valence-corrected chi connectivity index (χ0v) is 13.1. The van der Waals surface area contributed by atoms with Crippen LogP contribution in [0.3, 0.4) is 0 Å². The molecule has 0 radical (unpaired) electrons. The van der Waals surface area contributed by atoms with Crippen molar-refractivity contribution in [2.75, 3.05) is 13.7 Å². The molecular formula is C17H20N2O4. The number of hydrogen-bond acceptors (Lipinski definition) is 5. The number of para-hydroxylation sites is 1. The molecule has 1 N–H and O–H groups in total. The molecule has 2 aromatic rings. The van der Waals surface area contributed by atoms with E-state index in [9.17, 15) is 4.79 Å². The van der Waals surface area contributed by atoms with Crippen LogP contribution in [0.2, 0.25) is 0 Å². The van der Waals surface area contributed by atoms with E-state index in [2.05, 4.69) is 10.5 Å². The summed E-state index contributed by atoms with van der Waals surface area (Å²) >= 11 is 0. The van der Waals surface area contributed by atoms with Crippen LogP contribution < -0.4 is 10.1 Å². The van der Waals surface area contributed by atoms with E-state index in [0.29, 0.717) is 24.6 Å². The summed E-state index contributed by atoms with van der Waals surface area (Å²) in [6.07, 6.45) is 2.47. The Kier molecular flexibility index (Phi) is 4.92. The summed E-state index contributed by atoms with van der Waals surface area (Å²) < 4.78 is 16.1. The molecule has 23 heavy (non-hydrogen) atoms. The standard InChI is InChI=1S/C17H20N2O4/c1-21-15-7-3-2-6-13(15)14-10-12(23-19-14)11-18-17(20)16-8-4-5-9-22-16/h2-3,6-7,10,16H,4-5,8-9,11H2,1H3,(H,18,20)/t16-/m1/s1. The lowest BCUT2D eigenvalue weighted by atomic mass is 10.1. The predicted octanol–water partition coefficient (Wildman–Crippen LogP) is 2.54. The molecule has 0 spiro atoms. The third-order valence-corrected chi connectivity index (χ3v) is 3.85. The second-order valence-electron chi connectivity index (χ2n) is 5.45. The van der Waals surface area contributed by atoms with Crippen LogP contribution in [0.1, 0.15) is 25.0 Å². The molecule has 0 bridgehead atoms. The molecular weight excluding hydrogens is 296 g/mol. The van der Waals surface area contributed by atoms with Crippen molar-refractivity contribution in [2.45, 2.75) is 31.9 Å². The maximum Gasteiger partial charge on any atom is 0.249 e. The van der Waals surface area contributed by atoms with Gasteiger partial charge in [0.25, 0.3) is 0 Å². The highest BCUT2D eigenvalue weighted by Gasteiger charge is 2.22. The van der Waals surface area contributed by atoms with E-state index in [1.807, 2.05) is 24.3 Å². The van der Waals surface area contributed by atoms with Gasteiger partial charge in [-0.2, -0.15) is 0 Å². The van der Waals surface area contributed by atoms with Crippen molar-refractivity contribution in [2.24, 2.45) is 0 Å². The first-order valence-corrected chi connectivity index (χ1v) is 7.76. The Morgan fingerprint density at radius 2 is 2.26 bits per heavy atom. The molecule has 6 nitrogen and oxygen atoms in total. The topological polar surface area (TPSA) is 73.6 Å². The number of carbonyl (C=O) groups is 1. The van der Waals surface area contributed by atoms with Gasteiger partial charge in [-0.15, -0.1) is 0 Å². The summed E-state index contributed by atoms with van der Waals surface area (Å²) in [4.78, 5) is 12.0. The highest BCUT2D eigenvalue weighted by molar-refractivity contribution is 5.80. The van der Waals surface area contributed by atoms with Gasteiger partial charge in [-0.1, -0.05) is 17.3 Å². The van der Waals surface area contributed by atoms with Crippen molar-refractivity contribution in [1.29, 1.82) is 0 Å². The maximum absolute atomic E-state index is 12.0. The molecule has 1 saturated heterocycles. The molecule has 122 valence electrons. The van der Waals surface area contributed by atoms with Crippen LogP contribution in [0.4, 0.5) is 0 Å². The van der Waals surface area contributed by atoms with Crippen LogP contribution in [0.5, 0.6) is 5.75 Å². The van der Waals surface area contributed by atoms with Gasteiger partial charge in [-0.25, -0.2) is 0 Å². The van der Waals surface area contributed by atoms with Gasteiger partial charge in [-0.05, 0) is 31.4 Å². The van der Waals surface area contributed by atoms with Crippen LogP contribution in [-0.4, -0.2) is 30.9 Å². The van der Waals surface area contributed by atoms with Crippen LogP contribution in [0.15, 0.2) is 34.9 Å². The van der Waals surface area contributed by atoms with Crippen LogP contribution in [0.25, 0.3) is 11.3 Å². The van der Waals surface area contributed by atoms with Crippen molar-refractivity contribution in [1.82, 2.24) is 10.5 Å².